The fraction of sp³-hybridized carbons (Fsp3) is 0.619. The number of hydrogen-bond acceptors (Lipinski definition) is 5. The number of carbonyl (C=O) groups is 1. The van der Waals surface area contributed by atoms with Crippen LogP contribution in [0.5, 0.6) is 11.5 Å². The van der Waals surface area contributed by atoms with Crippen LogP contribution in [-0.2, 0) is 16.0 Å². The van der Waals surface area contributed by atoms with Gasteiger partial charge in [-0.3, -0.25) is 9.79 Å². The number of ether oxygens (including phenoxy) is 2. The summed E-state index contributed by atoms with van der Waals surface area (Å²) in [5.74, 6) is 0.583. The lowest BCUT2D eigenvalue weighted by Crippen LogP contribution is -2.36. The second kappa shape index (κ2) is 8.56. The molecule has 1 N–H and O–H groups in total. The second-order valence-corrected chi connectivity index (χ2v) is 7.69. The molecule has 5 heteroatoms. The number of rotatable bonds is 7. The highest BCUT2D eigenvalue weighted by atomic mass is 16.5. The highest BCUT2D eigenvalue weighted by Gasteiger charge is 2.33. The number of benzene rings is 1. The molecular formula is C21H31NO4. The Labute approximate surface area is 156 Å². The third-order valence-corrected chi connectivity index (χ3v) is 4.38. The first-order valence-electron chi connectivity index (χ1n) is 9.47. The van der Waals surface area contributed by atoms with E-state index >= 15 is 0 Å². The number of aryl methyl sites for hydroxylation is 1. The third kappa shape index (κ3) is 5.48. The number of phenolic OH excluding ortho intramolecular Hbond substituents is 1. The SMILES string of the molecule is CCCCCc1cc(O)c2c(c1)OC(C)(C)CC2=NC[C@@H](C)OC(C)=O. The molecule has 2 rings (SSSR count). The van der Waals surface area contributed by atoms with Gasteiger partial charge in [-0.25, -0.2) is 0 Å². The van der Waals surface area contributed by atoms with Gasteiger partial charge in [0.2, 0.25) is 0 Å². The van der Waals surface area contributed by atoms with Crippen LogP contribution in [0, 0.1) is 0 Å². The van der Waals surface area contributed by atoms with Gasteiger partial charge in [-0.15, -0.1) is 0 Å². The number of esters is 1. The number of unbranched alkanes of at least 4 members (excludes halogenated alkanes) is 2. The standard InChI is InChI=1S/C21H31NO4/c1-6-7-8-9-16-10-18(24)20-17(22-13-14(2)25-15(3)23)12-21(4,5)26-19(20)11-16/h10-11,14,24H,6-9,12-13H2,1-5H3/t14-/m1/s1. The van der Waals surface area contributed by atoms with Crippen molar-refractivity contribution in [3.63, 3.8) is 0 Å². The smallest absolute Gasteiger partial charge is 0.302 e. The summed E-state index contributed by atoms with van der Waals surface area (Å²) in [6.45, 7) is 9.77. The molecule has 1 atom stereocenters. The lowest BCUT2D eigenvalue weighted by molar-refractivity contribution is -0.144. The molecule has 0 saturated heterocycles. The third-order valence-electron chi connectivity index (χ3n) is 4.38. The maximum atomic E-state index is 11.1. The summed E-state index contributed by atoms with van der Waals surface area (Å²) in [4.78, 5) is 15.7. The Bertz CT molecular complexity index is 679. The lowest BCUT2D eigenvalue weighted by Gasteiger charge is -2.34. The van der Waals surface area contributed by atoms with Crippen molar-refractivity contribution in [3.8, 4) is 11.5 Å². The molecule has 1 aromatic rings. The van der Waals surface area contributed by atoms with E-state index in [1.54, 1.807) is 0 Å². The van der Waals surface area contributed by atoms with Crippen molar-refractivity contribution in [2.45, 2.75) is 78.4 Å². The van der Waals surface area contributed by atoms with E-state index in [1.807, 2.05) is 32.9 Å². The number of carbonyl (C=O) groups excluding carboxylic acids is 1. The number of nitrogens with zero attached hydrogens (tertiary/aromatic N) is 1. The van der Waals surface area contributed by atoms with Gasteiger partial charge in [-0.05, 0) is 51.3 Å². The predicted molar refractivity (Wildman–Crippen MR) is 103 cm³/mol. The molecule has 1 aliphatic rings. The van der Waals surface area contributed by atoms with Crippen molar-refractivity contribution >= 4 is 11.7 Å². The fourth-order valence-corrected chi connectivity index (χ4v) is 3.27. The Morgan fingerprint density at radius 1 is 1.38 bits per heavy atom. The minimum atomic E-state index is -0.398. The molecule has 0 amide bonds. The molecule has 1 heterocycles. The molecule has 0 unspecified atom stereocenters. The van der Waals surface area contributed by atoms with E-state index in [4.69, 9.17) is 9.47 Å². The molecular weight excluding hydrogens is 330 g/mol. The summed E-state index contributed by atoms with van der Waals surface area (Å²) in [5.41, 5.74) is 2.15. The van der Waals surface area contributed by atoms with Gasteiger partial charge in [-0.1, -0.05) is 19.8 Å². The molecule has 0 fully saturated rings. The Kier molecular flexibility index (Phi) is 6.68. The van der Waals surface area contributed by atoms with Crippen molar-refractivity contribution in [2.75, 3.05) is 6.54 Å². The molecule has 0 radical (unpaired) electrons. The van der Waals surface area contributed by atoms with Crippen molar-refractivity contribution in [1.29, 1.82) is 0 Å². The number of hydrogen-bond donors (Lipinski definition) is 1. The quantitative estimate of drug-likeness (QED) is 0.576. The topological polar surface area (TPSA) is 68.1 Å². The normalized spacial score (nSPS) is 18.1. The van der Waals surface area contributed by atoms with Crippen molar-refractivity contribution in [1.82, 2.24) is 0 Å². The van der Waals surface area contributed by atoms with Gasteiger partial charge in [0.25, 0.3) is 0 Å². The highest BCUT2D eigenvalue weighted by molar-refractivity contribution is 6.06. The number of fused-ring (bicyclic) bond motifs is 1. The van der Waals surface area contributed by atoms with Crippen LogP contribution in [0.2, 0.25) is 0 Å². The van der Waals surface area contributed by atoms with Gasteiger partial charge in [-0.2, -0.15) is 0 Å². The highest BCUT2D eigenvalue weighted by Crippen LogP contribution is 2.39. The molecule has 1 aliphatic heterocycles. The largest absolute Gasteiger partial charge is 0.507 e. The van der Waals surface area contributed by atoms with Crippen LogP contribution in [0.15, 0.2) is 17.1 Å². The molecule has 0 aliphatic carbocycles. The van der Waals surface area contributed by atoms with Crippen molar-refractivity contribution in [2.24, 2.45) is 4.99 Å². The molecule has 0 aromatic heterocycles. The Morgan fingerprint density at radius 2 is 2.12 bits per heavy atom. The van der Waals surface area contributed by atoms with Crippen molar-refractivity contribution in [3.05, 3.63) is 23.3 Å². The minimum absolute atomic E-state index is 0.211. The van der Waals surface area contributed by atoms with E-state index in [0.29, 0.717) is 24.3 Å². The van der Waals surface area contributed by atoms with Gasteiger partial charge < -0.3 is 14.6 Å². The van der Waals surface area contributed by atoms with Gasteiger partial charge in [0.15, 0.2) is 0 Å². The number of phenols is 1. The Hall–Kier alpha value is -2.04. The van der Waals surface area contributed by atoms with Crippen LogP contribution in [0.4, 0.5) is 0 Å². The van der Waals surface area contributed by atoms with E-state index in [9.17, 15) is 9.90 Å². The zero-order chi connectivity index (χ0) is 19.3. The van der Waals surface area contributed by atoms with Crippen LogP contribution in [0.1, 0.15) is 71.4 Å². The average Bonchev–Trinajstić information content (AvgIpc) is 2.50. The molecule has 5 nitrogen and oxygen atoms in total. The van der Waals surface area contributed by atoms with Crippen molar-refractivity contribution < 1.29 is 19.4 Å². The van der Waals surface area contributed by atoms with E-state index in [-0.39, 0.29) is 17.8 Å². The molecule has 0 bridgehead atoms. The first-order valence-corrected chi connectivity index (χ1v) is 9.47. The van der Waals surface area contributed by atoms with Gasteiger partial charge in [0, 0.05) is 13.3 Å². The monoisotopic (exact) mass is 361 g/mol. The minimum Gasteiger partial charge on any atom is -0.507 e. The first-order chi connectivity index (χ1) is 12.2. The summed E-state index contributed by atoms with van der Waals surface area (Å²) in [6.07, 6.45) is 4.65. The molecule has 0 spiro atoms. The molecule has 26 heavy (non-hydrogen) atoms. The molecule has 0 saturated carbocycles. The summed E-state index contributed by atoms with van der Waals surface area (Å²) >= 11 is 0. The van der Waals surface area contributed by atoms with Crippen LogP contribution >= 0.6 is 0 Å². The Morgan fingerprint density at radius 3 is 2.77 bits per heavy atom. The maximum Gasteiger partial charge on any atom is 0.302 e. The number of aromatic hydroxyl groups is 1. The zero-order valence-corrected chi connectivity index (χ0v) is 16.6. The fourth-order valence-electron chi connectivity index (χ4n) is 3.27. The molecule has 144 valence electrons. The summed E-state index contributed by atoms with van der Waals surface area (Å²) in [7, 11) is 0. The van der Waals surface area contributed by atoms with Gasteiger partial charge in [0.05, 0.1) is 17.8 Å². The zero-order valence-electron chi connectivity index (χ0n) is 16.6. The summed E-state index contributed by atoms with van der Waals surface area (Å²) in [5, 5.41) is 10.6. The summed E-state index contributed by atoms with van der Waals surface area (Å²) < 4.78 is 11.3. The number of aliphatic imine (C=N–C) groups is 1. The first kappa shape index (κ1) is 20.3. The van der Waals surface area contributed by atoms with E-state index in [2.05, 4.69) is 11.9 Å². The summed E-state index contributed by atoms with van der Waals surface area (Å²) in [6, 6.07) is 3.85. The predicted octanol–water partition coefficient (Wildman–Crippen LogP) is 4.43. The molecule has 1 aromatic carbocycles. The maximum absolute atomic E-state index is 11.1. The lowest BCUT2D eigenvalue weighted by atomic mass is 9.90. The second-order valence-electron chi connectivity index (χ2n) is 7.69. The van der Waals surface area contributed by atoms with E-state index in [0.717, 1.165) is 30.5 Å². The van der Waals surface area contributed by atoms with Gasteiger partial charge >= 0.3 is 5.97 Å². The van der Waals surface area contributed by atoms with Crippen LogP contribution < -0.4 is 4.74 Å². The average molecular weight is 361 g/mol. The van der Waals surface area contributed by atoms with Crippen LogP contribution in [0.3, 0.4) is 0 Å². The van der Waals surface area contributed by atoms with Gasteiger partial charge in [0.1, 0.15) is 23.2 Å². The van der Waals surface area contributed by atoms with Crippen LogP contribution in [-0.4, -0.2) is 35.0 Å². The van der Waals surface area contributed by atoms with E-state index < -0.39 is 5.60 Å². The Balaban J connectivity index is 2.29. The van der Waals surface area contributed by atoms with Crippen LogP contribution in [0.25, 0.3) is 0 Å². The van der Waals surface area contributed by atoms with E-state index in [1.165, 1.54) is 13.3 Å².